The van der Waals surface area contributed by atoms with Crippen molar-refractivity contribution in [1.29, 1.82) is 0 Å². The number of hydrogen-bond acceptors (Lipinski definition) is 3. The van der Waals surface area contributed by atoms with E-state index < -0.39 is 5.91 Å². The Hall–Kier alpha value is -1.00. The summed E-state index contributed by atoms with van der Waals surface area (Å²) < 4.78 is 4.85. The Labute approximate surface area is 70.0 Å². The van der Waals surface area contributed by atoms with Gasteiger partial charge in [0.1, 0.15) is 12.0 Å². The number of carbonyl (C=O) groups is 1. The molecule has 0 aliphatic heterocycles. The molecule has 5 heteroatoms. The fourth-order valence-corrected chi connectivity index (χ4v) is 0.617. The smallest absolute Gasteiger partial charge is 0.251 e. The first-order valence-corrected chi connectivity index (χ1v) is 2.81. The summed E-state index contributed by atoms with van der Waals surface area (Å²) in [5, 5.41) is 0. The average molecular weight is 177 g/mol. The highest BCUT2D eigenvalue weighted by Gasteiger charge is 2.03. The minimum atomic E-state index is -0.497. The molecule has 0 saturated carbocycles. The molecule has 1 heterocycles. The second kappa shape index (κ2) is 4.00. The Morgan fingerprint density at radius 1 is 1.64 bits per heavy atom. The van der Waals surface area contributed by atoms with Crippen LogP contribution in [-0.4, -0.2) is 5.91 Å². The average Bonchev–Trinajstić information content (AvgIpc) is 2.34. The molecule has 0 aliphatic rings. The molecule has 0 bridgehead atoms. The molecule has 0 radical (unpaired) electrons. The van der Waals surface area contributed by atoms with Crippen LogP contribution >= 0.6 is 12.4 Å². The molecule has 0 spiro atoms. The first-order chi connectivity index (χ1) is 4.74. The van der Waals surface area contributed by atoms with Gasteiger partial charge in [-0.2, -0.15) is 0 Å². The normalized spacial score (nSPS) is 8.82. The van der Waals surface area contributed by atoms with Gasteiger partial charge in [0.25, 0.3) is 5.91 Å². The van der Waals surface area contributed by atoms with E-state index in [1.807, 2.05) is 0 Å². The number of hydrogen-bond donors (Lipinski definition) is 2. The van der Waals surface area contributed by atoms with Crippen molar-refractivity contribution >= 4 is 18.3 Å². The largest absolute Gasteiger partial charge is 0.467 e. The van der Waals surface area contributed by atoms with Crippen molar-refractivity contribution in [1.82, 2.24) is 0 Å². The second-order valence-corrected chi connectivity index (χ2v) is 1.87. The number of primary amides is 1. The van der Waals surface area contributed by atoms with Gasteiger partial charge in [0.15, 0.2) is 0 Å². The van der Waals surface area contributed by atoms with Crippen LogP contribution in [-0.2, 0) is 6.54 Å². The van der Waals surface area contributed by atoms with Crippen LogP contribution in [0.4, 0.5) is 0 Å². The maximum atomic E-state index is 10.5. The van der Waals surface area contributed by atoms with Crippen LogP contribution in [0.25, 0.3) is 0 Å². The molecule has 0 atom stereocenters. The van der Waals surface area contributed by atoms with Crippen LogP contribution < -0.4 is 11.5 Å². The lowest BCUT2D eigenvalue weighted by molar-refractivity contribution is 0.0999. The molecule has 62 valence electrons. The first-order valence-electron chi connectivity index (χ1n) is 2.81. The lowest BCUT2D eigenvalue weighted by Gasteiger charge is -1.82. The van der Waals surface area contributed by atoms with Gasteiger partial charge in [-0.1, -0.05) is 0 Å². The molecule has 1 aromatic rings. The minimum absolute atomic E-state index is 0. The molecular formula is C6H9ClN2O2. The summed E-state index contributed by atoms with van der Waals surface area (Å²) in [7, 11) is 0. The summed E-state index contributed by atoms with van der Waals surface area (Å²) in [5.41, 5.74) is 10.5. The SMILES string of the molecule is Cl.NCc1cc(C(N)=O)co1. The van der Waals surface area contributed by atoms with Crippen molar-refractivity contribution in [3.05, 3.63) is 23.7 Å². The molecule has 0 fully saturated rings. The highest BCUT2D eigenvalue weighted by Crippen LogP contribution is 2.05. The Kier molecular flexibility index (Phi) is 3.64. The molecule has 1 amide bonds. The summed E-state index contributed by atoms with van der Waals surface area (Å²) in [5.74, 6) is 0.0669. The Morgan fingerprint density at radius 3 is 2.55 bits per heavy atom. The third kappa shape index (κ3) is 2.25. The number of halogens is 1. The van der Waals surface area contributed by atoms with E-state index in [1.54, 1.807) is 0 Å². The molecule has 11 heavy (non-hydrogen) atoms. The van der Waals surface area contributed by atoms with Gasteiger partial charge in [0, 0.05) is 0 Å². The highest BCUT2D eigenvalue weighted by atomic mass is 35.5. The van der Waals surface area contributed by atoms with Crippen molar-refractivity contribution in [3.63, 3.8) is 0 Å². The zero-order chi connectivity index (χ0) is 7.56. The van der Waals surface area contributed by atoms with E-state index >= 15 is 0 Å². The quantitative estimate of drug-likeness (QED) is 0.678. The maximum absolute atomic E-state index is 10.5. The van der Waals surface area contributed by atoms with Crippen molar-refractivity contribution in [2.45, 2.75) is 6.54 Å². The fraction of sp³-hybridized carbons (Fsp3) is 0.167. The molecule has 0 aliphatic carbocycles. The number of furan rings is 1. The van der Waals surface area contributed by atoms with E-state index in [1.165, 1.54) is 12.3 Å². The van der Waals surface area contributed by atoms with Crippen LogP contribution in [0.5, 0.6) is 0 Å². The summed E-state index contributed by atoms with van der Waals surface area (Å²) in [6.07, 6.45) is 1.30. The summed E-state index contributed by atoms with van der Waals surface area (Å²) >= 11 is 0. The maximum Gasteiger partial charge on any atom is 0.251 e. The van der Waals surface area contributed by atoms with Crippen LogP contribution in [0, 0.1) is 0 Å². The molecule has 0 unspecified atom stereocenters. The zero-order valence-electron chi connectivity index (χ0n) is 5.74. The number of nitrogens with two attached hydrogens (primary N) is 2. The third-order valence-corrected chi connectivity index (χ3v) is 1.14. The molecule has 1 rings (SSSR count). The predicted molar refractivity (Wildman–Crippen MR) is 42.4 cm³/mol. The monoisotopic (exact) mass is 176 g/mol. The van der Waals surface area contributed by atoms with Crippen molar-refractivity contribution in [2.75, 3.05) is 0 Å². The minimum Gasteiger partial charge on any atom is -0.467 e. The molecule has 4 N–H and O–H groups in total. The number of amides is 1. The van der Waals surface area contributed by atoms with Crippen molar-refractivity contribution in [3.8, 4) is 0 Å². The second-order valence-electron chi connectivity index (χ2n) is 1.87. The van der Waals surface area contributed by atoms with E-state index in [0.29, 0.717) is 11.3 Å². The van der Waals surface area contributed by atoms with Crippen LogP contribution in [0.2, 0.25) is 0 Å². The van der Waals surface area contributed by atoms with Gasteiger partial charge < -0.3 is 15.9 Å². The lowest BCUT2D eigenvalue weighted by Crippen LogP contribution is -2.09. The summed E-state index contributed by atoms with van der Waals surface area (Å²) in [6, 6.07) is 1.53. The fourth-order valence-electron chi connectivity index (χ4n) is 0.617. The van der Waals surface area contributed by atoms with Gasteiger partial charge >= 0.3 is 0 Å². The van der Waals surface area contributed by atoms with Crippen LogP contribution in [0.3, 0.4) is 0 Å². The Balaban J connectivity index is 0.000001000. The van der Waals surface area contributed by atoms with E-state index in [4.69, 9.17) is 15.9 Å². The topological polar surface area (TPSA) is 82.2 Å². The van der Waals surface area contributed by atoms with Gasteiger partial charge in [-0.25, -0.2) is 0 Å². The number of rotatable bonds is 2. The first kappa shape index (κ1) is 10.0. The van der Waals surface area contributed by atoms with Crippen LogP contribution in [0.1, 0.15) is 16.1 Å². The third-order valence-electron chi connectivity index (χ3n) is 1.14. The van der Waals surface area contributed by atoms with Gasteiger partial charge in [0.05, 0.1) is 12.1 Å². The highest BCUT2D eigenvalue weighted by molar-refractivity contribution is 5.92. The van der Waals surface area contributed by atoms with Gasteiger partial charge in [0.2, 0.25) is 0 Å². The molecule has 0 aromatic carbocycles. The summed E-state index contributed by atoms with van der Waals surface area (Å²) in [6.45, 7) is 0.285. The van der Waals surface area contributed by atoms with E-state index in [2.05, 4.69) is 0 Å². The number of carbonyl (C=O) groups excluding carboxylic acids is 1. The summed E-state index contributed by atoms with van der Waals surface area (Å²) in [4.78, 5) is 10.5. The molecule has 1 aromatic heterocycles. The zero-order valence-corrected chi connectivity index (χ0v) is 6.56. The van der Waals surface area contributed by atoms with Crippen LogP contribution in [0.15, 0.2) is 16.7 Å². The van der Waals surface area contributed by atoms with Gasteiger partial charge in [-0.05, 0) is 6.07 Å². The Morgan fingerprint density at radius 2 is 2.27 bits per heavy atom. The molecule has 0 saturated heterocycles. The standard InChI is InChI=1S/C6H8N2O2.ClH/c7-2-5-1-4(3-10-5)6(8)9;/h1,3H,2,7H2,(H2,8,9);1H. The van der Waals surface area contributed by atoms with Crippen molar-refractivity contribution < 1.29 is 9.21 Å². The molecule has 4 nitrogen and oxygen atoms in total. The van der Waals surface area contributed by atoms with Gasteiger partial charge in [-0.3, -0.25) is 4.79 Å². The van der Waals surface area contributed by atoms with Gasteiger partial charge in [-0.15, -0.1) is 12.4 Å². The molecular weight excluding hydrogens is 168 g/mol. The Bertz CT molecular complexity index is 246. The van der Waals surface area contributed by atoms with E-state index in [9.17, 15) is 4.79 Å². The lowest BCUT2D eigenvalue weighted by atomic mass is 10.3. The van der Waals surface area contributed by atoms with Crippen molar-refractivity contribution in [2.24, 2.45) is 11.5 Å². The van der Waals surface area contributed by atoms with E-state index in [-0.39, 0.29) is 19.0 Å². The predicted octanol–water partition coefficient (Wildman–Crippen LogP) is 0.259. The van der Waals surface area contributed by atoms with E-state index in [0.717, 1.165) is 0 Å².